The van der Waals surface area contributed by atoms with E-state index < -0.39 is 11.8 Å². The summed E-state index contributed by atoms with van der Waals surface area (Å²) in [6, 6.07) is 4.20. The zero-order valence-corrected chi connectivity index (χ0v) is 10.7. The predicted octanol–water partition coefficient (Wildman–Crippen LogP) is 1.70. The number of ether oxygens (including phenoxy) is 3. The lowest BCUT2D eigenvalue weighted by Gasteiger charge is -2.07. The summed E-state index contributed by atoms with van der Waals surface area (Å²) in [5, 5.41) is 8.77. The summed E-state index contributed by atoms with van der Waals surface area (Å²) in [5.41, 5.74) is -0.130. The average Bonchev–Trinajstić information content (AvgIpc) is 2.39. The third kappa shape index (κ3) is 5.34. The minimum Gasteiger partial charge on any atom is -0.478 e. The SMILES string of the molecule is COCCOCCOCc1cccc(C(=O)O)c1F. The third-order valence-electron chi connectivity index (χ3n) is 2.37. The molecule has 0 atom stereocenters. The van der Waals surface area contributed by atoms with Gasteiger partial charge in [-0.25, -0.2) is 9.18 Å². The molecule has 0 saturated heterocycles. The molecule has 1 N–H and O–H groups in total. The van der Waals surface area contributed by atoms with E-state index in [4.69, 9.17) is 19.3 Å². The van der Waals surface area contributed by atoms with Crippen molar-refractivity contribution >= 4 is 5.97 Å². The molecule has 6 heteroatoms. The monoisotopic (exact) mass is 272 g/mol. The quantitative estimate of drug-likeness (QED) is 0.693. The fourth-order valence-electron chi connectivity index (χ4n) is 1.40. The van der Waals surface area contributed by atoms with Crippen molar-refractivity contribution in [2.45, 2.75) is 6.61 Å². The number of carboxylic acids is 1. The van der Waals surface area contributed by atoms with Crippen molar-refractivity contribution in [3.05, 3.63) is 35.1 Å². The molecule has 106 valence electrons. The van der Waals surface area contributed by atoms with Gasteiger partial charge in [-0.3, -0.25) is 0 Å². The number of halogens is 1. The standard InChI is InChI=1S/C13H17FO5/c1-17-5-6-18-7-8-19-9-10-3-2-4-11(12(10)14)13(15)16/h2-4H,5-9H2,1H3,(H,15,16). The highest BCUT2D eigenvalue weighted by Crippen LogP contribution is 2.13. The molecule has 0 bridgehead atoms. The number of carboxylic acid groups (broad SMARTS) is 1. The molecule has 0 aromatic heterocycles. The van der Waals surface area contributed by atoms with Crippen molar-refractivity contribution < 1.29 is 28.5 Å². The Morgan fingerprint density at radius 2 is 1.89 bits per heavy atom. The van der Waals surface area contributed by atoms with Gasteiger partial charge in [-0.2, -0.15) is 0 Å². The van der Waals surface area contributed by atoms with Gasteiger partial charge < -0.3 is 19.3 Å². The molecule has 0 aliphatic carbocycles. The predicted molar refractivity (Wildman–Crippen MR) is 65.7 cm³/mol. The number of benzene rings is 1. The maximum atomic E-state index is 13.7. The molecule has 19 heavy (non-hydrogen) atoms. The van der Waals surface area contributed by atoms with Crippen LogP contribution in [0.4, 0.5) is 4.39 Å². The van der Waals surface area contributed by atoms with Crippen LogP contribution in [-0.4, -0.2) is 44.6 Å². The number of methoxy groups -OCH3 is 1. The summed E-state index contributed by atoms with van der Waals surface area (Å²) in [6.07, 6.45) is 0. The molecule has 0 saturated carbocycles. The summed E-state index contributed by atoms with van der Waals surface area (Å²) in [4.78, 5) is 10.7. The molecule has 1 rings (SSSR count). The molecule has 0 aliphatic heterocycles. The first-order valence-corrected chi connectivity index (χ1v) is 5.82. The molecule has 1 aromatic carbocycles. The fraction of sp³-hybridized carbons (Fsp3) is 0.462. The number of aromatic carboxylic acids is 1. The number of hydrogen-bond donors (Lipinski definition) is 1. The summed E-state index contributed by atoms with van der Waals surface area (Å²) in [7, 11) is 1.58. The zero-order valence-electron chi connectivity index (χ0n) is 10.7. The van der Waals surface area contributed by atoms with Crippen LogP contribution in [0.25, 0.3) is 0 Å². The molecular weight excluding hydrogens is 255 g/mol. The second-order valence-electron chi connectivity index (χ2n) is 3.74. The van der Waals surface area contributed by atoms with Crippen LogP contribution >= 0.6 is 0 Å². The van der Waals surface area contributed by atoms with Crippen molar-refractivity contribution in [2.75, 3.05) is 33.5 Å². The van der Waals surface area contributed by atoms with E-state index in [9.17, 15) is 9.18 Å². The highest BCUT2D eigenvalue weighted by Gasteiger charge is 2.13. The summed E-state index contributed by atoms with van der Waals surface area (Å²) in [6.45, 7) is 1.68. The highest BCUT2D eigenvalue weighted by atomic mass is 19.1. The van der Waals surface area contributed by atoms with Crippen molar-refractivity contribution in [2.24, 2.45) is 0 Å². The van der Waals surface area contributed by atoms with Crippen molar-refractivity contribution in [3.63, 3.8) is 0 Å². The van der Waals surface area contributed by atoms with E-state index >= 15 is 0 Å². The van der Waals surface area contributed by atoms with Crippen LogP contribution in [0, 0.1) is 5.82 Å². The van der Waals surface area contributed by atoms with Gasteiger partial charge in [0.15, 0.2) is 0 Å². The largest absolute Gasteiger partial charge is 0.478 e. The summed E-state index contributed by atoms with van der Waals surface area (Å²) in [5.74, 6) is -2.04. The molecule has 0 amide bonds. The topological polar surface area (TPSA) is 65.0 Å². The fourth-order valence-corrected chi connectivity index (χ4v) is 1.40. The van der Waals surface area contributed by atoms with Crippen LogP contribution in [0.15, 0.2) is 18.2 Å². The molecule has 0 heterocycles. The maximum Gasteiger partial charge on any atom is 0.338 e. The summed E-state index contributed by atoms with van der Waals surface area (Å²) < 4.78 is 28.9. The van der Waals surface area contributed by atoms with Gasteiger partial charge in [0.2, 0.25) is 0 Å². The minimum atomic E-state index is -1.29. The Balaban J connectivity index is 2.33. The molecule has 0 aliphatic rings. The van der Waals surface area contributed by atoms with Gasteiger partial charge in [-0.1, -0.05) is 12.1 Å². The molecule has 0 unspecified atom stereocenters. The molecule has 1 aromatic rings. The van der Waals surface area contributed by atoms with Gasteiger partial charge in [0.05, 0.1) is 38.6 Å². The molecule has 0 fully saturated rings. The number of carbonyl (C=O) groups is 1. The van der Waals surface area contributed by atoms with E-state index in [1.54, 1.807) is 7.11 Å². The smallest absolute Gasteiger partial charge is 0.338 e. The number of hydrogen-bond acceptors (Lipinski definition) is 4. The second-order valence-corrected chi connectivity index (χ2v) is 3.74. The van der Waals surface area contributed by atoms with Crippen LogP contribution < -0.4 is 0 Å². The maximum absolute atomic E-state index is 13.7. The van der Waals surface area contributed by atoms with Crippen LogP contribution in [-0.2, 0) is 20.8 Å². The normalized spacial score (nSPS) is 10.6. The molecule has 0 radical (unpaired) electrons. The van der Waals surface area contributed by atoms with Crippen LogP contribution in [0.1, 0.15) is 15.9 Å². The Hall–Kier alpha value is -1.50. The first kappa shape index (κ1) is 15.6. The van der Waals surface area contributed by atoms with E-state index in [1.807, 2.05) is 0 Å². The van der Waals surface area contributed by atoms with Gasteiger partial charge in [-0.05, 0) is 6.07 Å². The van der Waals surface area contributed by atoms with Gasteiger partial charge >= 0.3 is 5.97 Å². The molecular formula is C13H17FO5. The van der Waals surface area contributed by atoms with Gasteiger partial charge in [-0.15, -0.1) is 0 Å². The molecule has 0 spiro atoms. The Morgan fingerprint density at radius 3 is 2.58 bits per heavy atom. The van der Waals surface area contributed by atoms with E-state index in [-0.39, 0.29) is 17.7 Å². The van der Waals surface area contributed by atoms with Gasteiger partial charge in [0, 0.05) is 12.7 Å². The van der Waals surface area contributed by atoms with Crippen LogP contribution in [0.5, 0.6) is 0 Å². The first-order chi connectivity index (χ1) is 9.16. The van der Waals surface area contributed by atoms with Crippen LogP contribution in [0.3, 0.4) is 0 Å². The van der Waals surface area contributed by atoms with E-state index in [0.717, 1.165) is 0 Å². The van der Waals surface area contributed by atoms with E-state index in [0.29, 0.717) is 26.4 Å². The number of rotatable bonds is 9. The van der Waals surface area contributed by atoms with E-state index in [2.05, 4.69) is 0 Å². The Kier molecular flexibility index (Phi) is 7.02. The zero-order chi connectivity index (χ0) is 14.1. The highest BCUT2D eigenvalue weighted by molar-refractivity contribution is 5.88. The van der Waals surface area contributed by atoms with Crippen LogP contribution in [0.2, 0.25) is 0 Å². The third-order valence-corrected chi connectivity index (χ3v) is 2.37. The van der Waals surface area contributed by atoms with Crippen molar-refractivity contribution in [1.82, 2.24) is 0 Å². The lowest BCUT2D eigenvalue weighted by molar-refractivity contribution is 0.0193. The Bertz CT molecular complexity index is 408. The van der Waals surface area contributed by atoms with Crippen molar-refractivity contribution in [1.29, 1.82) is 0 Å². The lowest BCUT2D eigenvalue weighted by atomic mass is 10.1. The summed E-state index contributed by atoms with van der Waals surface area (Å²) >= 11 is 0. The van der Waals surface area contributed by atoms with E-state index in [1.165, 1.54) is 18.2 Å². The first-order valence-electron chi connectivity index (χ1n) is 5.82. The Labute approximate surface area is 110 Å². The second kappa shape index (κ2) is 8.58. The van der Waals surface area contributed by atoms with Crippen molar-refractivity contribution in [3.8, 4) is 0 Å². The average molecular weight is 272 g/mol. The Morgan fingerprint density at radius 1 is 1.21 bits per heavy atom. The van der Waals surface area contributed by atoms with Gasteiger partial charge in [0.1, 0.15) is 5.82 Å². The lowest BCUT2D eigenvalue weighted by Crippen LogP contribution is -2.09. The molecule has 5 nitrogen and oxygen atoms in total. The van der Waals surface area contributed by atoms with Gasteiger partial charge in [0.25, 0.3) is 0 Å². The minimum absolute atomic E-state index is 0.0145.